The van der Waals surface area contributed by atoms with Crippen molar-refractivity contribution in [1.82, 2.24) is 14.5 Å². The molecule has 172 valence electrons. The molecule has 0 aliphatic heterocycles. The van der Waals surface area contributed by atoms with Gasteiger partial charge in [-0.3, -0.25) is 0 Å². The molecule has 0 bridgehead atoms. The van der Waals surface area contributed by atoms with Crippen molar-refractivity contribution in [1.29, 1.82) is 0 Å². The molecule has 0 unspecified atom stereocenters. The van der Waals surface area contributed by atoms with Gasteiger partial charge in [0.25, 0.3) is 0 Å². The second-order valence-electron chi connectivity index (χ2n) is 8.48. The Labute approximate surface area is 199 Å². The summed E-state index contributed by atoms with van der Waals surface area (Å²) in [4.78, 5) is 9.29. The van der Waals surface area contributed by atoms with E-state index in [-0.39, 0.29) is 6.04 Å². The molecular weight excluding hydrogens is 424 g/mol. The fourth-order valence-electron chi connectivity index (χ4n) is 4.50. The zero-order valence-electron chi connectivity index (χ0n) is 20.1. The van der Waals surface area contributed by atoms with Crippen LogP contribution >= 0.6 is 0 Å². The highest BCUT2D eigenvalue weighted by molar-refractivity contribution is 5.92. The topological polar surface area (TPSA) is 61.2 Å². The molecule has 6 nitrogen and oxygen atoms in total. The zero-order chi connectivity index (χ0) is 23.8. The summed E-state index contributed by atoms with van der Waals surface area (Å²) in [5.41, 5.74) is 5.58. The van der Waals surface area contributed by atoms with Gasteiger partial charge in [-0.25, -0.2) is 9.97 Å². The Morgan fingerprint density at radius 3 is 2.41 bits per heavy atom. The van der Waals surface area contributed by atoms with E-state index in [0.29, 0.717) is 17.3 Å². The van der Waals surface area contributed by atoms with Crippen molar-refractivity contribution in [3.05, 3.63) is 78.1 Å². The highest BCUT2D eigenvalue weighted by Crippen LogP contribution is 2.35. The Balaban J connectivity index is 1.51. The summed E-state index contributed by atoms with van der Waals surface area (Å²) in [6.45, 7) is 4.04. The zero-order valence-corrected chi connectivity index (χ0v) is 20.1. The molecule has 3 aromatic carbocycles. The van der Waals surface area contributed by atoms with Gasteiger partial charge in [-0.1, -0.05) is 36.4 Å². The molecule has 0 aliphatic carbocycles. The number of hydrogen-bond donors (Lipinski definition) is 1. The first kappa shape index (κ1) is 21.8. The SMILES string of the molecule is COc1cc2nc(C)nc(N[C@H](C)c3cccc(-c4cc5ccccc5n4C)c3)c2cc1OC. The van der Waals surface area contributed by atoms with Crippen LogP contribution in [0.3, 0.4) is 0 Å². The smallest absolute Gasteiger partial charge is 0.162 e. The summed E-state index contributed by atoms with van der Waals surface area (Å²) >= 11 is 0. The molecule has 0 aliphatic rings. The lowest BCUT2D eigenvalue weighted by atomic mass is 10.0. The summed E-state index contributed by atoms with van der Waals surface area (Å²) in [5.74, 6) is 2.76. The van der Waals surface area contributed by atoms with E-state index < -0.39 is 0 Å². The van der Waals surface area contributed by atoms with Crippen LogP contribution in [-0.2, 0) is 7.05 Å². The Morgan fingerprint density at radius 2 is 1.65 bits per heavy atom. The number of nitrogens with zero attached hydrogens (tertiary/aromatic N) is 3. The van der Waals surface area contributed by atoms with Gasteiger partial charge in [-0.2, -0.15) is 0 Å². The van der Waals surface area contributed by atoms with Gasteiger partial charge in [0.2, 0.25) is 0 Å². The molecule has 1 atom stereocenters. The molecule has 6 heteroatoms. The van der Waals surface area contributed by atoms with Crippen LogP contribution in [0, 0.1) is 6.92 Å². The molecule has 0 saturated heterocycles. The van der Waals surface area contributed by atoms with Crippen LogP contribution in [0.2, 0.25) is 0 Å². The van der Waals surface area contributed by atoms with E-state index in [2.05, 4.69) is 83.4 Å². The van der Waals surface area contributed by atoms with E-state index >= 15 is 0 Å². The number of ether oxygens (including phenoxy) is 2. The minimum absolute atomic E-state index is 0.0280. The third-order valence-electron chi connectivity index (χ3n) is 6.30. The Morgan fingerprint density at radius 1 is 0.882 bits per heavy atom. The fraction of sp³-hybridized carbons (Fsp3) is 0.214. The third-order valence-corrected chi connectivity index (χ3v) is 6.30. The van der Waals surface area contributed by atoms with Crippen LogP contribution in [0.5, 0.6) is 11.5 Å². The van der Waals surface area contributed by atoms with Gasteiger partial charge in [-0.15, -0.1) is 0 Å². The predicted octanol–water partition coefficient (Wildman–Crippen LogP) is 6.29. The lowest BCUT2D eigenvalue weighted by Crippen LogP contribution is -2.10. The predicted molar refractivity (Wildman–Crippen MR) is 138 cm³/mol. The van der Waals surface area contributed by atoms with Gasteiger partial charge < -0.3 is 19.4 Å². The largest absolute Gasteiger partial charge is 0.493 e. The van der Waals surface area contributed by atoms with Gasteiger partial charge >= 0.3 is 0 Å². The Hall–Kier alpha value is -4.06. The maximum Gasteiger partial charge on any atom is 0.162 e. The molecule has 5 aromatic rings. The molecule has 1 N–H and O–H groups in total. The van der Waals surface area contributed by atoms with E-state index in [1.54, 1.807) is 14.2 Å². The van der Waals surface area contributed by atoms with E-state index in [9.17, 15) is 0 Å². The Kier molecular flexibility index (Phi) is 5.57. The molecule has 0 fully saturated rings. The number of para-hydroxylation sites is 1. The number of rotatable bonds is 6. The van der Waals surface area contributed by atoms with E-state index in [0.717, 1.165) is 16.7 Å². The van der Waals surface area contributed by atoms with Gasteiger partial charge in [0.15, 0.2) is 11.5 Å². The highest BCUT2D eigenvalue weighted by Gasteiger charge is 2.16. The first-order valence-corrected chi connectivity index (χ1v) is 11.3. The van der Waals surface area contributed by atoms with Crippen molar-refractivity contribution < 1.29 is 9.47 Å². The summed E-state index contributed by atoms with van der Waals surface area (Å²) in [6.07, 6.45) is 0. The van der Waals surface area contributed by atoms with Gasteiger partial charge in [0.1, 0.15) is 11.6 Å². The second-order valence-corrected chi connectivity index (χ2v) is 8.48. The third kappa shape index (κ3) is 3.81. The van der Waals surface area contributed by atoms with Crippen molar-refractivity contribution in [2.24, 2.45) is 7.05 Å². The van der Waals surface area contributed by atoms with Crippen molar-refractivity contribution in [2.75, 3.05) is 19.5 Å². The summed E-state index contributed by atoms with van der Waals surface area (Å²) in [6, 6.07) is 23.2. The number of fused-ring (bicyclic) bond motifs is 2. The summed E-state index contributed by atoms with van der Waals surface area (Å²) < 4.78 is 13.2. The number of anilines is 1. The lowest BCUT2D eigenvalue weighted by molar-refractivity contribution is 0.356. The first-order valence-electron chi connectivity index (χ1n) is 11.3. The fourth-order valence-corrected chi connectivity index (χ4v) is 4.50. The number of aryl methyl sites for hydroxylation is 2. The average molecular weight is 453 g/mol. The molecule has 34 heavy (non-hydrogen) atoms. The minimum Gasteiger partial charge on any atom is -0.493 e. The number of hydrogen-bond acceptors (Lipinski definition) is 5. The molecule has 0 saturated carbocycles. The van der Waals surface area contributed by atoms with Gasteiger partial charge in [-0.05, 0) is 49.2 Å². The lowest BCUT2D eigenvalue weighted by Gasteiger charge is -2.18. The molecule has 2 heterocycles. The highest BCUT2D eigenvalue weighted by atomic mass is 16.5. The summed E-state index contributed by atoms with van der Waals surface area (Å²) in [5, 5.41) is 5.72. The first-order chi connectivity index (χ1) is 16.5. The minimum atomic E-state index is 0.0280. The normalized spacial score (nSPS) is 12.1. The maximum absolute atomic E-state index is 5.51. The van der Waals surface area contributed by atoms with Crippen LogP contribution in [-0.4, -0.2) is 28.8 Å². The van der Waals surface area contributed by atoms with Crippen LogP contribution in [0.1, 0.15) is 24.4 Å². The molecule has 2 aromatic heterocycles. The standard InChI is InChI=1S/C28H28N4O2/c1-17(29-28-22-15-26(33-4)27(34-5)16-23(22)30-18(2)31-28)19-10-8-11-20(13-19)25-14-21-9-6-7-12-24(21)32(25)3/h6-17H,1-5H3,(H,29,30,31)/t17-/m1/s1. The number of aromatic nitrogens is 3. The quantitative estimate of drug-likeness (QED) is 0.328. The number of benzene rings is 3. The van der Waals surface area contributed by atoms with Crippen LogP contribution in [0.15, 0.2) is 66.7 Å². The van der Waals surface area contributed by atoms with Crippen molar-refractivity contribution in [2.45, 2.75) is 19.9 Å². The van der Waals surface area contributed by atoms with Crippen LogP contribution in [0.4, 0.5) is 5.82 Å². The number of nitrogens with one attached hydrogen (secondary N) is 1. The molecule has 0 radical (unpaired) electrons. The van der Waals surface area contributed by atoms with Gasteiger partial charge in [0.05, 0.1) is 19.7 Å². The average Bonchev–Trinajstić information content (AvgIpc) is 3.19. The molecule has 0 spiro atoms. The van der Waals surface area contributed by atoms with Crippen molar-refractivity contribution in [3.8, 4) is 22.8 Å². The molecular formula is C28H28N4O2. The van der Waals surface area contributed by atoms with E-state index in [4.69, 9.17) is 14.5 Å². The number of methoxy groups -OCH3 is 2. The molecule has 5 rings (SSSR count). The van der Waals surface area contributed by atoms with Crippen molar-refractivity contribution in [3.63, 3.8) is 0 Å². The van der Waals surface area contributed by atoms with Gasteiger partial charge in [0, 0.05) is 41.1 Å². The van der Waals surface area contributed by atoms with Crippen LogP contribution < -0.4 is 14.8 Å². The van der Waals surface area contributed by atoms with Crippen LogP contribution in [0.25, 0.3) is 33.1 Å². The second kappa shape index (κ2) is 8.71. The molecule has 0 amide bonds. The summed E-state index contributed by atoms with van der Waals surface area (Å²) in [7, 11) is 5.37. The Bertz CT molecular complexity index is 1510. The maximum atomic E-state index is 5.51. The monoisotopic (exact) mass is 452 g/mol. The van der Waals surface area contributed by atoms with Crippen molar-refractivity contribution >= 4 is 27.6 Å². The van der Waals surface area contributed by atoms with E-state index in [1.165, 1.54) is 27.7 Å². The van der Waals surface area contributed by atoms with E-state index in [1.807, 2.05) is 19.1 Å².